The number of amides is 2. The predicted molar refractivity (Wildman–Crippen MR) is 88.1 cm³/mol. The Kier molecular flexibility index (Phi) is 4.10. The zero-order chi connectivity index (χ0) is 15.9. The van der Waals surface area contributed by atoms with Crippen molar-refractivity contribution in [3.05, 3.63) is 0 Å². The van der Waals surface area contributed by atoms with Gasteiger partial charge in [0.1, 0.15) is 0 Å². The molecule has 2 N–H and O–H groups in total. The van der Waals surface area contributed by atoms with Gasteiger partial charge in [0.05, 0.1) is 0 Å². The molecule has 2 amide bonds. The van der Waals surface area contributed by atoms with Crippen molar-refractivity contribution in [2.75, 3.05) is 0 Å². The maximum Gasteiger partial charge on any atom is 0.241 e. The van der Waals surface area contributed by atoms with E-state index < -0.39 is 0 Å². The van der Waals surface area contributed by atoms with Gasteiger partial charge in [-0.25, -0.2) is 0 Å². The van der Waals surface area contributed by atoms with Gasteiger partial charge in [0, 0.05) is 12.3 Å². The first kappa shape index (κ1) is 15.5. The lowest BCUT2D eigenvalue weighted by molar-refractivity contribution is -0.136. The first-order chi connectivity index (χ1) is 11.1. The van der Waals surface area contributed by atoms with Crippen LogP contribution in [0.15, 0.2) is 0 Å². The lowest BCUT2D eigenvalue weighted by atomic mass is 9.49. The molecule has 5 fully saturated rings. The zero-order valence-electron chi connectivity index (χ0n) is 14.1. The molecule has 128 valence electrons. The Morgan fingerprint density at radius 2 is 1.39 bits per heavy atom. The smallest absolute Gasteiger partial charge is 0.241 e. The second-order valence-electron chi connectivity index (χ2n) is 8.97. The van der Waals surface area contributed by atoms with Crippen LogP contribution in [0, 0.1) is 29.1 Å². The summed E-state index contributed by atoms with van der Waals surface area (Å²) < 4.78 is 0. The molecule has 0 spiro atoms. The Bertz CT molecular complexity index is 446. The van der Waals surface area contributed by atoms with Crippen LogP contribution in [-0.2, 0) is 9.59 Å². The third kappa shape index (κ3) is 3.27. The van der Waals surface area contributed by atoms with E-state index in [1.807, 2.05) is 0 Å². The first-order valence-electron chi connectivity index (χ1n) is 9.71. The zero-order valence-corrected chi connectivity index (χ0v) is 14.1. The molecule has 4 bridgehead atoms. The molecule has 5 aliphatic rings. The summed E-state index contributed by atoms with van der Waals surface area (Å²) in [4.78, 5) is 24.5. The highest BCUT2D eigenvalue weighted by Crippen LogP contribution is 2.61. The summed E-state index contributed by atoms with van der Waals surface area (Å²) >= 11 is 0. The second-order valence-corrected chi connectivity index (χ2v) is 8.97. The van der Waals surface area contributed by atoms with E-state index in [2.05, 4.69) is 10.9 Å². The van der Waals surface area contributed by atoms with Crippen LogP contribution in [0.5, 0.6) is 0 Å². The Morgan fingerprint density at radius 1 is 0.826 bits per heavy atom. The third-order valence-electron chi connectivity index (χ3n) is 7.00. The molecule has 5 aliphatic carbocycles. The van der Waals surface area contributed by atoms with Crippen LogP contribution < -0.4 is 10.9 Å². The van der Waals surface area contributed by atoms with E-state index in [0.717, 1.165) is 43.4 Å². The normalized spacial score (nSPS) is 39.2. The molecule has 0 heterocycles. The molecule has 0 aromatic heterocycles. The van der Waals surface area contributed by atoms with Crippen molar-refractivity contribution in [2.24, 2.45) is 29.1 Å². The fourth-order valence-corrected chi connectivity index (χ4v) is 6.49. The molecule has 4 heteroatoms. The average molecular weight is 318 g/mol. The van der Waals surface area contributed by atoms with Gasteiger partial charge in [-0.3, -0.25) is 20.4 Å². The van der Waals surface area contributed by atoms with E-state index in [4.69, 9.17) is 0 Å². The van der Waals surface area contributed by atoms with Gasteiger partial charge in [-0.15, -0.1) is 0 Å². The summed E-state index contributed by atoms with van der Waals surface area (Å²) in [6.07, 6.45) is 14.0. The average Bonchev–Trinajstić information content (AvgIpc) is 2.51. The monoisotopic (exact) mass is 318 g/mol. The minimum absolute atomic E-state index is 0.0172. The molecule has 5 rings (SSSR count). The van der Waals surface area contributed by atoms with Crippen molar-refractivity contribution >= 4 is 11.8 Å². The Morgan fingerprint density at radius 3 is 1.96 bits per heavy atom. The van der Waals surface area contributed by atoms with Crippen molar-refractivity contribution in [1.82, 2.24) is 10.9 Å². The highest BCUT2D eigenvalue weighted by molar-refractivity contribution is 5.83. The number of hydrogen-bond acceptors (Lipinski definition) is 2. The lowest BCUT2D eigenvalue weighted by Crippen LogP contribution is -2.50. The van der Waals surface area contributed by atoms with E-state index in [9.17, 15) is 9.59 Å². The van der Waals surface area contributed by atoms with Gasteiger partial charge >= 0.3 is 0 Å². The van der Waals surface area contributed by atoms with Gasteiger partial charge < -0.3 is 0 Å². The Balaban J connectivity index is 1.28. The molecule has 23 heavy (non-hydrogen) atoms. The first-order valence-corrected chi connectivity index (χ1v) is 9.71. The van der Waals surface area contributed by atoms with E-state index in [0.29, 0.717) is 6.42 Å². The summed E-state index contributed by atoms with van der Waals surface area (Å²) in [5, 5.41) is 0. The molecule has 0 aromatic carbocycles. The molecule has 0 radical (unpaired) electrons. The minimum atomic E-state index is 0.0172. The van der Waals surface area contributed by atoms with Gasteiger partial charge in [-0.2, -0.15) is 0 Å². The van der Waals surface area contributed by atoms with E-state index in [-0.39, 0.29) is 23.1 Å². The van der Waals surface area contributed by atoms with Crippen LogP contribution in [0.1, 0.15) is 77.0 Å². The van der Waals surface area contributed by atoms with Crippen LogP contribution in [0.25, 0.3) is 0 Å². The lowest BCUT2D eigenvalue weighted by Gasteiger charge is -2.56. The molecule has 0 aromatic rings. The fraction of sp³-hybridized carbons (Fsp3) is 0.895. The van der Waals surface area contributed by atoms with Gasteiger partial charge in [0.15, 0.2) is 0 Å². The third-order valence-corrected chi connectivity index (χ3v) is 7.00. The number of hydrazine groups is 1. The summed E-state index contributed by atoms with van der Waals surface area (Å²) in [6.45, 7) is 0. The van der Waals surface area contributed by atoms with Crippen molar-refractivity contribution in [3.63, 3.8) is 0 Å². The van der Waals surface area contributed by atoms with Crippen molar-refractivity contribution < 1.29 is 9.59 Å². The summed E-state index contributed by atoms with van der Waals surface area (Å²) in [6, 6.07) is 0. The topological polar surface area (TPSA) is 58.2 Å². The van der Waals surface area contributed by atoms with Gasteiger partial charge in [-0.05, 0) is 74.5 Å². The fourth-order valence-electron chi connectivity index (χ4n) is 6.49. The quantitative estimate of drug-likeness (QED) is 0.784. The molecular weight excluding hydrogens is 288 g/mol. The standard InChI is InChI=1S/C19H30N2O2/c22-17(20-21-18(23)16-4-2-1-3-5-16)12-19-9-13-6-14(10-19)8-15(7-13)11-19/h13-16H,1-12H2,(H,20,22)(H,21,23). The molecule has 5 saturated carbocycles. The Labute approximate surface area is 139 Å². The number of nitrogens with one attached hydrogen (secondary N) is 2. The van der Waals surface area contributed by atoms with Crippen molar-refractivity contribution in [1.29, 1.82) is 0 Å². The van der Waals surface area contributed by atoms with E-state index in [1.165, 1.54) is 44.9 Å². The molecule has 0 unspecified atom stereocenters. The number of hydrogen-bond donors (Lipinski definition) is 2. The predicted octanol–water partition coefficient (Wildman–Crippen LogP) is 3.32. The largest absolute Gasteiger partial charge is 0.273 e. The molecule has 0 saturated heterocycles. The van der Waals surface area contributed by atoms with Crippen molar-refractivity contribution in [2.45, 2.75) is 77.0 Å². The van der Waals surface area contributed by atoms with Gasteiger partial charge in [0.25, 0.3) is 0 Å². The maximum atomic E-state index is 12.4. The number of carbonyl (C=O) groups is 2. The minimum Gasteiger partial charge on any atom is -0.273 e. The maximum absolute atomic E-state index is 12.4. The van der Waals surface area contributed by atoms with Gasteiger partial charge in [-0.1, -0.05) is 19.3 Å². The van der Waals surface area contributed by atoms with Crippen LogP contribution in [0.3, 0.4) is 0 Å². The van der Waals surface area contributed by atoms with Crippen molar-refractivity contribution in [3.8, 4) is 0 Å². The van der Waals surface area contributed by atoms with Crippen LogP contribution in [0.4, 0.5) is 0 Å². The van der Waals surface area contributed by atoms with Crippen LogP contribution in [0.2, 0.25) is 0 Å². The van der Waals surface area contributed by atoms with E-state index in [1.54, 1.807) is 0 Å². The van der Waals surface area contributed by atoms with Crippen LogP contribution in [-0.4, -0.2) is 11.8 Å². The summed E-state index contributed by atoms with van der Waals surface area (Å²) in [5.74, 6) is 2.74. The second kappa shape index (κ2) is 6.10. The molecular formula is C19H30N2O2. The highest BCUT2D eigenvalue weighted by atomic mass is 16.2. The highest BCUT2D eigenvalue weighted by Gasteiger charge is 2.51. The summed E-state index contributed by atoms with van der Waals surface area (Å²) in [5.41, 5.74) is 5.66. The Hall–Kier alpha value is -1.06. The summed E-state index contributed by atoms with van der Waals surface area (Å²) in [7, 11) is 0. The number of carbonyl (C=O) groups excluding carboxylic acids is 2. The SMILES string of the molecule is O=C(CC12CC3CC(CC(C3)C1)C2)NNC(=O)C1CCCCC1. The number of rotatable bonds is 3. The van der Waals surface area contributed by atoms with Gasteiger partial charge in [0.2, 0.25) is 11.8 Å². The van der Waals surface area contributed by atoms with Crippen LogP contribution >= 0.6 is 0 Å². The molecule has 0 atom stereocenters. The van der Waals surface area contributed by atoms with E-state index >= 15 is 0 Å². The molecule has 4 nitrogen and oxygen atoms in total. The molecule has 0 aliphatic heterocycles.